The molecule has 0 aliphatic rings. The Kier molecular flexibility index (Phi) is 5.15. The van der Waals surface area contributed by atoms with Crippen molar-refractivity contribution in [2.45, 2.75) is 46.1 Å². The highest BCUT2D eigenvalue weighted by Crippen LogP contribution is 2.51. The topological polar surface area (TPSA) is 35.5 Å². The lowest BCUT2D eigenvalue weighted by molar-refractivity contribution is -0.0211. The fraction of sp³-hybridized carbons (Fsp3) is 0.571. The van der Waals surface area contributed by atoms with Crippen LogP contribution in [0.4, 0.5) is 0 Å². The monoisotopic (exact) mass is 270 g/mol. The summed E-state index contributed by atoms with van der Waals surface area (Å²) in [6, 6.07) is 9.29. The van der Waals surface area contributed by atoms with Gasteiger partial charge in [0.1, 0.15) is 5.85 Å². The van der Waals surface area contributed by atoms with Gasteiger partial charge in [0, 0.05) is 5.30 Å². The molecule has 0 fully saturated rings. The van der Waals surface area contributed by atoms with Crippen molar-refractivity contribution in [3.8, 4) is 0 Å². The van der Waals surface area contributed by atoms with Crippen molar-refractivity contribution in [1.29, 1.82) is 0 Å². The lowest BCUT2D eigenvalue weighted by Gasteiger charge is -2.30. The molecule has 18 heavy (non-hydrogen) atoms. The zero-order chi connectivity index (χ0) is 13.8. The molecule has 0 bridgehead atoms. The molecule has 102 valence electrons. The van der Waals surface area contributed by atoms with Crippen molar-refractivity contribution in [3.63, 3.8) is 0 Å². The van der Waals surface area contributed by atoms with Gasteiger partial charge in [0.15, 0.2) is 0 Å². The van der Waals surface area contributed by atoms with Crippen LogP contribution in [0.3, 0.4) is 0 Å². The molecular weight excluding hydrogens is 247 g/mol. The van der Waals surface area contributed by atoms with Gasteiger partial charge in [0.2, 0.25) is 0 Å². The molecule has 1 aromatic carbocycles. The molecule has 4 heteroatoms. The van der Waals surface area contributed by atoms with E-state index < -0.39 is 13.2 Å². The van der Waals surface area contributed by atoms with Gasteiger partial charge in [-0.05, 0) is 46.8 Å². The zero-order valence-electron chi connectivity index (χ0n) is 11.8. The van der Waals surface area contributed by atoms with Gasteiger partial charge < -0.3 is 9.26 Å². The third kappa shape index (κ3) is 3.94. The lowest BCUT2D eigenvalue weighted by Crippen LogP contribution is -2.29. The highest BCUT2D eigenvalue weighted by atomic mass is 31.2. The van der Waals surface area contributed by atoms with E-state index in [4.69, 9.17) is 9.26 Å². The van der Waals surface area contributed by atoms with Gasteiger partial charge in [0.25, 0.3) is 7.37 Å². The second-order valence-corrected chi connectivity index (χ2v) is 7.88. The Morgan fingerprint density at radius 1 is 1.22 bits per heavy atom. The minimum atomic E-state index is -2.98. The molecule has 3 nitrogen and oxygen atoms in total. The Hall–Kier alpha value is -0.630. The van der Waals surface area contributed by atoms with E-state index in [0.29, 0.717) is 11.9 Å². The average molecular weight is 270 g/mol. The molecule has 0 saturated carbocycles. The maximum Gasteiger partial charge on any atom is 0.259 e. The van der Waals surface area contributed by atoms with Crippen LogP contribution in [0.25, 0.3) is 0 Å². The number of hydrogen-bond donors (Lipinski definition) is 0. The standard InChI is InChI=1S/C14H23O3P/c1-6-16-18(15,12(2)17-14(3,4)5)13-10-8-7-9-11-13/h7-12H,6H2,1-5H3/t12-,18?/m0/s1. The molecule has 0 N–H and O–H groups in total. The molecule has 1 unspecified atom stereocenters. The third-order valence-corrected chi connectivity index (χ3v) is 5.16. The summed E-state index contributed by atoms with van der Waals surface area (Å²) in [4.78, 5) is 0. The first kappa shape index (κ1) is 15.4. The van der Waals surface area contributed by atoms with E-state index in [2.05, 4.69) is 0 Å². The van der Waals surface area contributed by atoms with E-state index in [9.17, 15) is 4.57 Å². The maximum absolute atomic E-state index is 13.0. The first-order chi connectivity index (χ1) is 8.29. The van der Waals surface area contributed by atoms with Crippen LogP contribution in [0.15, 0.2) is 30.3 Å². The summed E-state index contributed by atoms with van der Waals surface area (Å²) >= 11 is 0. The number of benzene rings is 1. The van der Waals surface area contributed by atoms with E-state index in [1.54, 1.807) is 0 Å². The van der Waals surface area contributed by atoms with Crippen LogP contribution in [0.1, 0.15) is 34.6 Å². The van der Waals surface area contributed by atoms with E-state index in [0.717, 1.165) is 0 Å². The predicted octanol–water partition coefficient (Wildman–Crippen LogP) is 3.79. The van der Waals surface area contributed by atoms with Crippen LogP contribution in [0.2, 0.25) is 0 Å². The fourth-order valence-electron chi connectivity index (χ4n) is 1.80. The molecule has 0 radical (unpaired) electrons. The van der Waals surface area contributed by atoms with E-state index >= 15 is 0 Å². The first-order valence-corrected chi connectivity index (χ1v) is 7.96. The van der Waals surface area contributed by atoms with E-state index in [-0.39, 0.29) is 5.60 Å². The van der Waals surface area contributed by atoms with Crippen molar-refractivity contribution < 1.29 is 13.8 Å². The first-order valence-electron chi connectivity index (χ1n) is 6.27. The Bertz CT molecular complexity index is 409. The Morgan fingerprint density at radius 3 is 2.22 bits per heavy atom. The van der Waals surface area contributed by atoms with E-state index in [1.165, 1.54) is 0 Å². The molecule has 0 aromatic heterocycles. The molecular formula is C14H23O3P. The summed E-state index contributed by atoms with van der Waals surface area (Å²) in [5.41, 5.74) is -0.346. The van der Waals surface area contributed by atoms with Gasteiger partial charge in [-0.15, -0.1) is 0 Å². The average Bonchev–Trinajstić information content (AvgIpc) is 2.28. The minimum Gasteiger partial charge on any atom is -0.362 e. The second-order valence-electron chi connectivity index (χ2n) is 5.18. The number of ether oxygens (including phenoxy) is 1. The van der Waals surface area contributed by atoms with Crippen LogP contribution >= 0.6 is 7.37 Å². The summed E-state index contributed by atoms with van der Waals surface area (Å²) in [5, 5.41) is 0.712. The van der Waals surface area contributed by atoms with Crippen LogP contribution in [0, 0.1) is 0 Å². The van der Waals surface area contributed by atoms with Gasteiger partial charge in [-0.2, -0.15) is 0 Å². The second kappa shape index (κ2) is 6.01. The summed E-state index contributed by atoms with van der Waals surface area (Å²) in [7, 11) is -2.98. The summed E-state index contributed by atoms with van der Waals surface area (Å²) in [6.45, 7) is 9.92. The summed E-state index contributed by atoms with van der Waals surface area (Å²) in [6.07, 6.45) is 0. The third-order valence-electron chi connectivity index (χ3n) is 2.44. The Labute approximate surface area is 110 Å². The minimum absolute atomic E-state index is 0.346. The van der Waals surface area contributed by atoms with E-state index in [1.807, 2.05) is 65.0 Å². The summed E-state index contributed by atoms with van der Waals surface area (Å²) < 4.78 is 24.4. The largest absolute Gasteiger partial charge is 0.362 e. The molecule has 0 aliphatic carbocycles. The number of rotatable bonds is 5. The fourth-order valence-corrected chi connectivity index (χ4v) is 4.00. The van der Waals surface area contributed by atoms with Crippen LogP contribution in [0.5, 0.6) is 0 Å². The van der Waals surface area contributed by atoms with Crippen molar-refractivity contribution in [3.05, 3.63) is 30.3 Å². The molecule has 0 aliphatic heterocycles. The quantitative estimate of drug-likeness (QED) is 0.764. The van der Waals surface area contributed by atoms with Gasteiger partial charge >= 0.3 is 0 Å². The van der Waals surface area contributed by atoms with Crippen molar-refractivity contribution >= 4 is 12.7 Å². The normalized spacial score (nSPS) is 17.2. The molecule has 0 spiro atoms. The Balaban J connectivity index is 3.05. The Morgan fingerprint density at radius 2 is 1.78 bits per heavy atom. The van der Waals surface area contributed by atoms with Crippen molar-refractivity contribution in [1.82, 2.24) is 0 Å². The van der Waals surface area contributed by atoms with Crippen LogP contribution in [-0.4, -0.2) is 18.1 Å². The van der Waals surface area contributed by atoms with Crippen molar-refractivity contribution in [2.75, 3.05) is 6.61 Å². The SMILES string of the molecule is CCOP(=O)(c1ccccc1)[C@@H](C)OC(C)(C)C. The zero-order valence-corrected chi connectivity index (χ0v) is 12.7. The van der Waals surface area contributed by atoms with Crippen molar-refractivity contribution in [2.24, 2.45) is 0 Å². The molecule has 0 saturated heterocycles. The smallest absolute Gasteiger partial charge is 0.259 e. The predicted molar refractivity (Wildman–Crippen MR) is 75.6 cm³/mol. The molecule has 0 heterocycles. The molecule has 0 amide bonds. The summed E-state index contributed by atoms with van der Waals surface area (Å²) in [5.74, 6) is -0.458. The number of hydrogen-bond acceptors (Lipinski definition) is 3. The highest BCUT2D eigenvalue weighted by Gasteiger charge is 2.35. The van der Waals surface area contributed by atoms with Crippen LogP contribution in [-0.2, 0) is 13.8 Å². The molecule has 2 atom stereocenters. The highest BCUT2D eigenvalue weighted by molar-refractivity contribution is 7.67. The molecule has 1 rings (SSSR count). The molecule has 1 aromatic rings. The lowest BCUT2D eigenvalue weighted by atomic mass is 10.2. The van der Waals surface area contributed by atoms with Gasteiger partial charge in [-0.1, -0.05) is 18.2 Å². The maximum atomic E-state index is 13.0. The van der Waals surface area contributed by atoms with Crippen LogP contribution < -0.4 is 5.30 Å². The van der Waals surface area contributed by atoms with Gasteiger partial charge in [-0.25, -0.2) is 0 Å². The van der Waals surface area contributed by atoms with Gasteiger partial charge in [0.05, 0.1) is 12.2 Å². The van der Waals surface area contributed by atoms with Gasteiger partial charge in [-0.3, -0.25) is 4.57 Å².